The van der Waals surface area contributed by atoms with Crippen LogP contribution in [0.1, 0.15) is 38.5 Å². The zero-order valence-corrected chi connectivity index (χ0v) is 17.4. The molecule has 10 nitrogen and oxygen atoms in total. The number of benzene rings is 1. The van der Waals surface area contributed by atoms with Crippen LogP contribution < -0.4 is 5.09 Å². The fourth-order valence-corrected chi connectivity index (χ4v) is 9.26. The van der Waals surface area contributed by atoms with E-state index in [0.717, 1.165) is 83.9 Å². The first-order valence-electron chi connectivity index (χ1n) is 10.4. The van der Waals surface area contributed by atoms with Crippen molar-refractivity contribution in [2.24, 2.45) is 0 Å². The number of anilines is 1. The van der Waals surface area contributed by atoms with Gasteiger partial charge in [0.2, 0.25) is 0 Å². The highest BCUT2D eigenvalue weighted by Crippen LogP contribution is 2.69. The number of nitrogens with zero attached hydrogens (tertiary/aromatic N) is 5. The van der Waals surface area contributed by atoms with E-state index in [1.54, 1.807) is 0 Å². The molecule has 1 aromatic rings. The van der Waals surface area contributed by atoms with E-state index < -0.39 is 17.7 Å². The zero-order valence-electron chi connectivity index (χ0n) is 16.5. The molecule has 29 heavy (non-hydrogen) atoms. The summed E-state index contributed by atoms with van der Waals surface area (Å²) in [6, 6.07) is 3.96. The van der Waals surface area contributed by atoms with Crippen molar-refractivity contribution in [2.75, 3.05) is 44.4 Å². The van der Waals surface area contributed by atoms with E-state index in [2.05, 4.69) is 19.1 Å². The first-order valence-corrected chi connectivity index (χ1v) is 12.0. The summed E-state index contributed by atoms with van der Waals surface area (Å²) in [5.41, 5.74) is -0.0875. The normalized spacial score (nSPS) is 21.7. The van der Waals surface area contributed by atoms with E-state index in [1.165, 1.54) is 12.1 Å². The Labute approximate surface area is 170 Å². The van der Waals surface area contributed by atoms with Gasteiger partial charge in [0.25, 0.3) is 5.69 Å². The summed E-state index contributed by atoms with van der Waals surface area (Å²) in [6.07, 6.45) is 6.79. The average Bonchev–Trinajstić information content (AvgIpc) is 3.49. The van der Waals surface area contributed by atoms with Crippen LogP contribution in [0, 0.1) is 20.2 Å². The van der Waals surface area contributed by atoms with Crippen molar-refractivity contribution < 1.29 is 9.85 Å². The first-order chi connectivity index (χ1) is 14.0. The Morgan fingerprint density at radius 3 is 1.59 bits per heavy atom. The van der Waals surface area contributed by atoms with Crippen LogP contribution in [0.3, 0.4) is 0 Å². The molecule has 3 saturated heterocycles. The molecule has 11 heteroatoms. The van der Waals surface area contributed by atoms with Crippen molar-refractivity contribution in [1.29, 1.82) is 0 Å². The first kappa shape index (κ1) is 20.4. The van der Waals surface area contributed by atoms with Crippen LogP contribution in [-0.4, -0.2) is 63.1 Å². The molecule has 158 valence electrons. The Hall–Kier alpha value is -1.87. The molecule has 0 bridgehead atoms. The van der Waals surface area contributed by atoms with Crippen molar-refractivity contribution >= 4 is 24.9 Å². The zero-order chi connectivity index (χ0) is 20.4. The molecule has 0 saturated carbocycles. The maximum atomic E-state index is 11.8. The predicted molar refractivity (Wildman–Crippen MR) is 113 cm³/mol. The summed E-state index contributed by atoms with van der Waals surface area (Å²) in [6.45, 7) is 5.88. The second kappa shape index (κ2) is 8.47. The van der Waals surface area contributed by atoms with Crippen LogP contribution in [0.2, 0.25) is 0 Å². The SMILES string of the molecule is O=[N+]([O-])c1ccc(N[P+](N2CCCC2)(N2CCCC2)N2CCCC2)c([N+](=O)[O-])c1. The van der Waals surface area contributed by atoms with Crippen LogP contribution in [0.25, 0.3) is 0 Å². The summed E-state index contributed by atoms with van der Waals surface area (Å²) >= 11 is 0. The molecule has 3 aliphatic rings. The van der Waals surface area contributed by atoms with Gasteiger partial charge in [0, 0.05) is 45.3 Å². The molecular weight excluding hydrogens is 395 g/mol. The fourth-order valence-electron chi connectivity index (χ4n) is 4.73. The van der Waals surface area contributed by atoms with E-state index in [1.807, 2.05) is 0 Å². The lowest BCUT2D eigenvalue weighted by Gasteiger charge is -2.43. The van der Waals surface area contributed by atoms with Gasteiger partial charge in [-0.25, -0.2) is 5.09 Å². The molecule has 4 rings (SSSR count). The lowest BCUT2D eigenvalue weighted by atomic mass is 10.2. The minimum atomic E-state index is -2.19. The monoisotopic (exact) mass is 423 g/mol. The van der Waals surface area contributed by atoms with Crippen molar-refractivity contribution in [1.82, 2.24) is 14.0 Å². The summed E-state index contributed by atoms with van der Waals surface area (Å²) in [4.78, 5) is 21.8. The smallest absolute Gasteiger partial charge is 0.258 e. The maximum absolute atomic E-state index is 11.8. The third-order valence-corrected chi connectivity index (χ3v) is 10.2. The van der Waals surface area contributed by atoms with Gasteiger partial charge in [-0.2, -0.15) is 0 Å². The second-order valence-electron chi connectivity index (χ2n) is 7.88. The molecule has 0 atom stereocenters. The van der Waals surface area contributed by atoms with Crippen molar-refractivity contribution in [3.8, 4) is 0 Å². The quantitative estimate of drug-likeness (QED) is 0.400. The van der Waals surface area contributed by atoms with Crippen molar-refractivity contribution in [3.05, 3.63) is 38.4 Å². The number of nitrogens with one attached hydrogen (secondary N) is 1. The van der Waals surface area contributed by atoms with E-state index in [4.69, 9.17) is 0 Å². The lowest BCUT2D eigenvalue weighted by molar-refractivity contribution is -0.393. The minimum Gasteiger partial charge on any atom is -0.258 e. The highest BCUT2D eigenvalue weighted by atomic mass is 31.2. The van der Waals surface area contributed by atoms with E-state index in [9.17, 15) is 20.2 Å². The molecule has 3 aliphatic heterocycles. The Kier molecular flexibility index (Phi) is 5.96. The molecule has 0 aromatic heterocycles. The average molecular weight is 423 g/mol. The van der Waals surface area contributed by atoms with Crippen molar-refractivity contribution in [3.63, 3.8) is 0 Å². The van der Waals surface area contributed by atoms with Crippen LogP contribution >= 0.6 is 7.87 Å². The van der Waals surface area contributed by atoms with Gasteiger partial charge in [0.05, 0.1) is 15.9 Å². The van der Waals surface area contributed by atoms with Crippen LogP contribution in [0.5, 0.6) is 0 Å². The van der Waals surface area contributed by atoms with Gasteiger partial charge in [-0.3, -0.25) is 20.2 Å². The van der Waals surface area contributed by atoms with Crippen LogP contribution in [0.15, 0.2) is 18.2 Å². The summed E-state index contributed by atoms with van der Waals surface area (Å²) in [5.74, 6) is 0. The molecule has 0 spiro atoms. The lowest BCUT2D eigenvalue weighted by Crippen LogP contribution is -2.46. The fraction of sp³-hybridized carbons (Fsp3) is 0.667. The Morgan fingerprint density at radius 1 is 0.759 bits per heavy atom. The Bertz CT molecular complexity index is 735. The number of nitro benzene ring substituents is 2. The molecule has 0 unspecified atom stereocenters. The van der Waals surface area contributed by atoms with E-state index in [0.29, 0.717) is 5.69 Å². The number of rotatable bonds is 7. The third kappa shape index (κ3) is 3.82. The Morgan fingerprint density at radius 2 is 1.21 bits per heavy atom. The molecule has 0 radical (unpaired) electrons. The van der Waals surface area contributed by atoms with Gasteiger partial charge in [-0.15, -0.1) is 14.0 Å². The molecule has 0 aliphatic carbocycles. The summed E-state index contributed by atoms with van der Waals surface area (Å²) in [7, 11) is -2.19. The summed E-state index contributed by atoms with van der Waals surface area (Å²) in [5, 5.41) is 26.6. The summed E-state index contributed by atoms with van der Waals surface area (Å²) < 4.78 is 7.57. The molecule has 1 N–H and O–H groups in total. The number of nitro groups is 2. The Balaban J connectivity index is 1.79. The largest absolute Gasteiger partial charge is 0.330 e. The molecule has 0 amide bonds. The van der Waals surface area contributed by atoms with Crippen molar-refractivity contribution in [2.45, 2.75) is 38.5 Å². The van der Waals surface area contributed by atoms with E-state index in [-0.39, 0.29) is 11.4 Å². The minimum absolute atomic E-state index is 0.221. The number of hydrogen-bond donors (Lipinski definition) is 1. The predicted octanol–water partition coefficient (Wildman–Crippen LogP) is 3.88. The highest BCUT2D eigenvalue weighted by molar-refractivity contribution is 7.70. The van der Waals surface area contributed by atoms with Crippen LogP contribution in [-0.2, 0) is 0 Å². The highest BCUT2D eigenvalue weighted by Gasteiger charge is 2.59. The third-order valence-electron chi connectivity index (χ3n) is 6.09. The molecule has 1 aromatic carbocycles. The molecule has 3 fully saturated rings. The molecular formula is C18H28N6O4P+. The van der Waals surface area contributed by atoms with Gasteiger partial charge >= 0.3 is 13.6 Å². The van der Waals surface area contributed by atoms with Gasteiger partial charge in [0.1, 0.15) is 0 Å². The maximum Gasteiger partial charge on any atom is 0.330 e. The standard InChI is InChI=1S/C18H28N6O4P/c25-23(26)16-7-8-17(18(15-16)24(27)28)19-29(20-9-1-2-10-20,21-11-3-4-12-21)22-13-5-6-14-22/h7-8,15,19H,1-6,9-14H2/q+1. The van der Waals surface area contributed by atoms with Crippen LogP contribution in [0.4, 0.5) is 17.1 Å². The number of non-ortho nitro benzene ring substituents is 1. The van der Waals surface area contributed by atoms with E-state index >= 15 is 0 Å². The van der Waals surface area contributed by atoms with Gasteiger partial charge in [-0.1, -0.05) is 0 Å². The second-order valence-corrected chi connectivity index (χ2v) is 10.9. The van der Waals surface area contributed by atoms with Gasteiger partial charge < -0.3 is 0 Å². The number of hydrogen-bond acceptors (Lipinski definition) is 8. The van der Waals surface area contributed by atoms with Gasteiger partial charge in [-0.05, 0) is 44.6 Å². The molecule has 3 heterocycles. The topological polar surface area (TPSA) is 108 Å². The van der Waals surface area contributed by atoms with Gasteiger partial charge in [0.15, 0.2) is 5.69 Å².